The van der Waals surface area contributed by atoms with Crippen LogP contribution in [0, 0.1) is 0 Å². The molecule has 0 radical (unpaired) electrons. The van der Waals surface area contributed by atoms with Gasteiger partial charge in [0.2, 0.25) is 6.08 Å². The molecule has 0 bridgehead atoms. The zero-order valence-electron chi connectivity index (χ0n) is 13.2. The monoisotopic (exact) mass is 300 g/mol. The molecule has 1 saturated carbocycles. The highest BCUT2D eigenvalue weighted by molar-refractivity contribution is 5.91. The molecule has 116 valence electrons. The molecule has 1 aliphatic carbocycles. The molecule has 1 fully saturated rings. The lowest BCUT2D eigenvalue weighted by molar-refractivity contribution is 0.0584. The zero-order valence-corrected chi connectivity index (χ0v) is 13.2. The standard InChI is InChI=1S/C17H20N2O3/c1-16(2,3)22-15(21)19-10-7-12-13(5-4-6-14(12)19)17(8-9-17)18-11-20/h4-6H,7-10H2,1-3H3. The molecule has 0 atom stereocenters. The van der Waals surface area contributed by atoms with Crippen LogP contribution in [0.4, 0.5) is 10.5 Å². The number of benzene rings is 1. The second-order valence-electron chi connectivity index (χ2n) is 6.92. The third-order valence-corrected chi connectivity index (χ3v) is 4.13. The normalized spacial score (nSPS) is 18.4. The Balaban J connectivity index is 1.93. The summed E-state index contributed by atoms with van der Waals surface area (Å²) >= 11 is 0. The van der Waals surface area contributed by atoms with Gasteiger partial charge in [0.1, 0.15) is 5.60 Å². The summed E-state index contributed by atoms with van der Waals surface area (Å²) in [6, 6.07) is 5.85. The topological polar surface area (TPSA) is 59.0 Å². The van der Waals surface area contributed by atoms with E-state index in [0.29, 0.717) is 6.54 Å². The first-order chi connectivity index (χ1) is 10.4. The molecule has 0 N–H and O–H groups in total. The van der Waals surface area contributed by atoms with Crippen LogP contribution in [0.5, 0.6) is 0 Å². The molecular weight excluding hydrogens is 280 g/mol. The Morgan fingerprint density at radius 1 is 1.36 bits per heavy atom. The number of hydrogen-bond donors (Lipinski definition) is 0. The van der Waals surface area contributed by atoms with E-state index in [1.165, 1.54) is 0 Å². The maximum absolute atomic E-state index is 12.3. The Morgan fingerprint density at radius 2 is 2.09 bits per heavy atom. The van der Waals surface area contributed by atoms with Gasteiger partial charge < -0.3 is 4.74 Å². The van der Waals surface area contributed by atoms with Gasteiger partial charge in [-0.15, -0.1) is 0 Å². The highest BCUT2D eigenvalue weighted by Gasteiger charge is 2.47. The fraction of sp³-hybridized carbons (Fsp3) is 0.529. The van der Waals surface area contributed by atoms with E-state index in [2.05, 4.69) is 4.99 Å². The number of fused-ring (bicyclic) bond motifs is 1. The number of anilines is 1. The first kappa shape index (κ1) is 14.8. The molecule has 1 amide bonds. The molecule has 0 aromatic heterocycles. The molecule has 5 heteroatoms. The van der Waals surface area contributed by atoms with Gasteiger partial charge >= 0.3 is 6.09 Å². The molecule has 0 spiro atoms. The molecular formula is C17H20N2O3. The fourth-order valence-electron chi connectivity index (χ4n) is 3.02. The van der Waals surface area contributed by atoms with Gasteiger partial charge in [-0.1, -0.05) is 12.1 Å². The fourth-order valence-corrected chi connectivity index (χ4v) is 3.02. The van der Waals surface area contributed by atoms with Crippen molar-refractivity contribution in [3.63, 3.8) is 0 Å². The van der Waals surface area contributed by atoms with Crippen molar-refractivity contribution in [3.8, 4) is 0 Å². The van der Waals surface area contributed by atoms with Gasteiger partial charge in [-0.05, 0) is 57.2 Å². The van der Waals surface area contributed by atoms with Gasteiger partial charge in [0.05, 0.1) is 11.2 Å². The number of rotatable bonds is 2. The van der Waals surface area contributed by atoms with E-state index in [1.807, 2.05) is 39.0 Å². The lowest BCUT2D eigenvalue weighted by Crippen LogP contribution is -2.35. The predicted molar refractivity (Wildman–Crippen MR) is 82.8 cm³/mol. The molecule has 22 heavy (non-hydrogen) atoms. The predicted octanol–water partition coefficient (Wildman–Crippen LogP) is 3.31. The van der Waals surface area contributed by atoms with Crippen LogP contribution >= 0.6 is 0 Å². The largest absolute Gasteiger partial charge is 0.443 e. The van der Waals surface area contributed by atoms with Gasteiger partial charge in [0.15, 0.2) is 0 Å². The van der Waals surface area contributed by atoms with Gasteiger partial charge in [0.25, 0.3) is 0 Å². The molecule has 1 aliphatic heterocycles. The molecule has 2 aliphatic rings. The van der Waals surface area contributed by atoms with Crippen LogP contribution in [0.1, 0.15) is 44.7 Å². The van der Waals surface area contributed by atoms with Crippen LogP contribution in [-0.4, -0.2) is 24.3 Å². The van der Waals surface area contributed by atoms with E-state index < -0.39 is 11.1 Å². The Morgan fingerprint density at radius 3 is 2.68 bits per heavy atom. The van der Waals surface area contributed by atoms with Crippen molar-refractivity contribution in [1.82, 2.24) is 0 Å². The van der Waals surface area contributed by atoms with Crippen LogP contribution in [0.3, 0.4) is 0 Å². The number of nitrogens with zero attached hydrogens (tertiary/aromatic N) is 2. The summed E-state index contributed by atoms with van der Waals surface area (Å²) in [5.74, 6) is 0. The van der Waals surface area contributed by atoms with Crippen LogP contribution in [0.2, 0.25) is 0 Å². The van der Waals surface area contributed by atoms with Crippen molar-refractivity contribution >= 4 is 17.9 Å². The smallest absolute Gasteiger partial charge is 0.414 e. The average Bonchev–Trinajstić information content (AvgIpc) is 3.07. The minimum absolute atomic E-state index is 0.327. The SMILES string of the molecule is CC(C)(C)OC(=O)N1CCc2c1cccc2C1(N=C=O)CC1. The molecule has 1 aromatic carbocycles. The van der Waals surface area contributed by atoms with E-state index in [-0.39, 0.29) is 6.09 Å². The second-order valence-corrected chi connectivity index (χ2v) is 6.92. The average molecular weight is 300 g/mol. The number of hydrogen-bond acceptors (Lipinski definition) is 4. The van der Waals surface area contributed by atoms with Gasteiger partial charge in [-0.2, -0.15) is 4.99 Å². The van der Waals surface area contributed by atoms with Crippen molar-refractivity contribution in [2.24, 2.45) is 4.99 Å². The molecule has 5 nitrogen and oxygen atoms in total. The van der Waals surface area contributed by atoms with Crippen molar-refractivity contribution in [1.29, 1.82) is 0 Å². The van der Waals surface area contributed by atoms with E-state index in [0.717, 1.165) is 36.1 Å². The quantitative estimate of drug-likeness (QED) is 0.622. The van der Waals surface area contributed by atoms with E-state index in [9.17, 15) is 9.59 Å². The highest BCUT2D eigenvalue weighted by Crippen LogP contribution is 2.52. The van der Waals surface area contributed by atoms with Crippen LogP contribution < -0.4 is 4.90 Å². The van der Waals surface area contributed by atoms with E-state index in [1.54, 1.807) is 11.0 Å². The summed E-state index contributed by atoms with van der Waals surface area (Å²) in [4.78, 5) is 28.7. The van der Waals surface area contributed by atoms with Crippen LogP contribution in [0.25, 0.3) is 0 Å². The third-order valence-electron chi connectivity index (χ3n) is 4.13. The van der Waals surface area contributed by atoms with Crippen LogP contribution in [-0.2, 0) is 21.5 Å². The Labute approximate surface area is 130 Å². The minimum atomic E-state index is -0.517. The van der Waals surface area contributed by atoms with Gasteiger partial charge in [-0.25, -0.2) is 9.59 Å². The summed E-state index contributed by atoms with van der Waals surface area (Å²) in [6.07, 6.45) is 3.87. The van der Waals surface area contributed by atoms with E-state index >= 15 is 0 Å². The number of amides is 1. The highest BCUT2D eigenvalue weighted by atomic mass is 16.6. The van der Waals surface area contributed by atoms with Crippen molar-refractivity contribution in [3.05, 3.63) is 29.3 Å². The molecule has 1 aromatic rings. The maximum atomic E-state index is 12.3. The lowest BCUT2D eigenvalue weighted by atomic mass is 9.97. The lowest BCUT2D eigenvalue weighted by Gasteiger charge is -2.25. The number of ether oxygens (including phenoxy) is 1. The second kappa shape index (κ2) is 4.96. The number of carbonyl (C=O) groups excluding carboxylic acids is 2. The van der Waals surface area contributed by atoms with Gasteiger partial charge in [-0.3, -0.25) is 4.90 Å². The minimum Gasteiger partial charge on any atom is -0.443 e. The summed E-state index contributed by atoms with van der Waals surface area (Å²) in [7, 11) is 0. The molecule has 3 rings (SSSR count). The van der Waals surface area contributed by atoms with Crippen molar-refractivity contribution in [2.75, 3.05) is 11.4 Å². The summed E-state index contributed by atoms with van der Waals surface area (Å²) in [6.45, 7) is 6.17. The maximum Gasteiger partial charge on any atom is 0.414 e. The molecule has 0 unspecified atom stereocenters. The van der Waals surface area contributed by atoms with E-state index in [4.69, 9.17) is 4.74 Å². The first-order valence-electron chi connectivity index (χ1n) is 7.58. The molecule has 1 heterocycles. The summed E-state index contributed by atoms with van der Waals surface area (Å²) < 4.78 is 5.47. The number of isocyanates is 1. The summed E-state index contributed by atoms with van der Waals surface area (Å²) in [5, 5.41) is 0. The van der Waals surface area contributed by atoms with Crippen molar-refractivity contribution < 1.29 is 14.3 Å². The zero-order chi connectivity index (χ0) is 16.0. The molecule has 0 saturated heterocycles. The number of aliphatic imine (C=N–C) groups is 1. The van der Waals surface area contributed by atoms with Crippen LogP contribution in [0.15, 0.2) is 23.2 Å². The first-order valence-corrected chi connectivity index (χ1v) is 7.58. The third kappa shape index (κ3) is 2.53. The summed E-state index contributed by atoms with van der Waals surface area (Å²) in [5.41, 5.74) is 2.11. The van der Waals surface area contributed by atoms with Crippen molar-refractivity contribution in [2.45, 2.75) is 51.2 Å². The number of carbonyl (C=O) groups is 1. The Hall–Kier alpha value is -2.13. The Bertz CT molecular complexity index is 665. The van der Waals surface area contributed by atoms with Gasteiger partial charge in [0, 0.05) is 6.54 Å². The Kier molecular flexibility index (Phi) is 3.33.